The predicted molar refractivity (Wildman–Crippen MR) is 114 cm³/mol. The number of piperidine rings is 1. The molecule has 0 radical (unpaired) electrons. The summed E-state index contributed by atoms with van der Waals surface area (Å²) in [5.41, 5.74) is 0.964. The summed E-state index contributed by atoms with van der Waals surface area (Å²) in [6.45, 7) is 3.12. The smallest absolute Gasteiger partial charge is 0.241 e. The number of anilines is 1. The van der Waals surface area contributed by atoms with Crippen LogP contribution in [0.3, 0.4) is 0 Å². The number of amides is 1. The molecule has 1 unspecified atom stereocenters. The number of benzene rings is 1. The van der Waals surface area contributed by atoms with Gasteiger partial charge in [-0.15, -0.1) is 24.8 Å². The lowest BCUT2D eigenvalue weighted by atomic mass is 9.95. The normalized spacial score (nSPS) is 21.4. The van der Waals surface area contributed by atoms with Gasteiger partial charge < -0.3 is 15.5 Å². The number of nitrogens with one attached hydrogen (secondary N) is 2. The van der Waals surface area contributed by atoms with Crippen LogP contribution in [0, 0.1) is 11.7 Å². The second kappa shape index (κ2) is 10.1. The monoisotopic (exact) mass is 455 g/mol. The van der Waals surface area contributed by atoms with Crippen molar-refractivity contribution in [2.45, 2.75) is 24.0 Å². The molecule has 0 saturated carbocycles. The van der Waals surface area contributed by atoms with Crippen LogP contribution < -0.4 is 15.5 Å². The molecule has 10 heteroatoms. The van der Waals surface area contributed by atoms with Gasteiger partial charge in [-0.3, -0.25) is 4.79 Å². The third-order valence-corrected chi connectivity index (χ3v) is 7.58. The highest BCUT2D eigenvalue weighted by Crippen LogP contribution is 2.29. The van der Waals surface area contributed by atoms with Crippen molar-refractivity contribution >= 4 is 46.2 Å². The Balaban J connectivity index is 0.00000196. The van der Waals surface area contributed by atoms with Gasteiger partial charge in [0, 0.05) is 31.6 Å². The summed E-state index contributed by atoms with van der Waals surface area (Å²) in [5, 5.41) is 6.00. The summed E-state index contributed by atoms with van der Waals surface area (Å²) in [4.78, 5) is 14.9. The molecule has 28 heavy (non-hydrogen) atoms. The highest BCUT2D eigenvalue weighted by atomic mass is 35.5. The molecule has 2 N–H and O–H groups in total. The SMILES string of the molecule is CS(=O)(=O)C1(C(=O)NCC2CCN(c3ccc(F)cc3)C2)CCNCC1.Cl.Cl. The van der Waals surface area contributed by atoms with Gasteiger partial charge in [-0.2, -0.15) is 0 Å². The molecule has 1 atom stereocenters. The summed E-state index contributed by atoms with van der Waals surface area (Å²) < 4.78 is 36.3. The van der Waals surface area contributed by atoms with Crippen LogP contribution in [-0.2, 0) is 14.6 Å². The van der Waals surface area contributed by atoms with Crippen molar-refractivity contribution in [3.63, 3.8) is 0 Å². The Morgan fingerprint density at radius 1 is 1.25 bits per heavy atom. The van der Waals surface area contributed by atoms with Crippen molar-refractivity contribution in [2.75, 3.05) is 43.9 Å². The van der Waals surface area contributed by atoms with E-state index >= 15 is 0 Å². The highest BCUT2D eigenvalue weighted by Gasteiger charge is 2.48. The maximum absolute atomic E-state index is 13.0. The van der Waals surface area contributed by atoms with Gasteiger partial charge in [0.25, 0.3) is 0 Å². The average Bonchev–Trinajstić information content (AvgIpc) is 3.09. The zero-order valence-corrected chi connectivity index (χ0v) is 18.3. The van der Waals surface area contributed by atoms with Gasteiger partial charge in [-0.05, 0) is 62.5 Å². The number of hydrogen-bond donors (Lipinski definition) is 2. The third kappa shape index (κ3) is 5.28. The van der Waals surface area contributed by atoms with E-state index in [1.165, 1.54) is 12.1 Å². The van der Waals surface area contributed by atoms with Crippen LogP contribution in [0.1, 0.15) is 19.3 Å². The number of sulfone groups is 1. The fourth-order valence-electron chi connectivity index (χ4n) is 3.88. The Hall–Kier alpha value is -1.09. The third-order valence-electron chi connectivity index (χ3n) is 5.56. The van der Waals surface area contributed by atoms with Crippen LogP contribution in [0.4, 0.5) is 10.1 Å². The molecule has 0 spiro atoms. The van der Waals surface area contributed by atoms with Crippen LogP contribution in [-0.4, -0.2) is 58.1 Å². The largest absolute Gasteiger partial charge is 0.371 e. The van der Waals surface area contributed by atoms with Crippen molar-refractivity contribution < 1.29 is 17.6 Å². The number of carbonyl (C=O) groups is 1. The van der Waals surface area contributed by atoms with Gasteiger partial charge in [-0.25, -0.2) is 12.8 Å². The molecule has 3 rings (SSSR count). The maximum Gasteiger partial charge on any atom is 0.241 e. The van der Waals surface area contributed by atoms with Crippen LogP contribution >= 0.6 is 24.8 Å². The second-order valence-electron chi connectivity index (χ2n) is 7.30. The van der Waals surface area contributed by atoms with Crippen molar-refractivity contribution in [1.29, 1.82) is 0 Å². The first-order valence-corrected chi connectivity index (χ1v) is 10.9. The summed E-state index contributed by atoms with van der Waals surface area (Å²) >= 11 is 0. The average molecular weight is 456 g/mol. The van der Waals surface area contributed by atoms with E-state index in [-0.39, 0.29) is 42.5 Å². The molecule has 2 heterocycles. The topological polar surface area (TPSA) is 78.5 Å². The lowest BCUT2D eigenvalue weighted by Gasteiger charge is -2.34. The predicted octanol–water partition coefficient (Wildman–Crippen LogP) is 1.78. The minimum atomic E-state index is -3.49. The second-order valence-corrected chi connectivity index (χ2v) is 9.63. The lowest BCUT2D eigenvalue weighted by Crippen LogP contribution is -2.57. The van der Waals surface area contributed by atoms with E-state index in [1.807, 2.05) is 0 Å². The first-order valence-electron chi connectivity index (χ1n) is 9.01. The minimum absolute atomic E-state index is 0. The number of nitrogens with zero attached hydrogens (tertiary/aromatic N) is 1. The van der Waals surface area contributed by atoms with Crippen molar-refractivity contribution in [3.8, 4) is 0 Å². The molecule has 0 bridgehead atoms. The van der Waals surface area contributed by atoms with E-state index in [0.717, 1.165) is 31.5 Å². The zero-order valence-electron chi connectivity index (χ0n) is 15.8. The highest BCUT2D eigenvalue weighted by molar-refractivity contribution is 7.92. The van der Waals surface area contributed by atoms with Gasteiger partial charge in [0.05, 0.1) is 0 Å². The Labute approximate surface area is 178 Å². The quantitative estimate of drug-likeness (QED) is 0.707. The molecule has 1 aromatic rings. The molecular formula is C18H28Cl2FN3O3S. The van der Waals surface area contributed by atoms with Gasteiger partial charge in [0.15, 0.2) is 14.6 Å². The number of carbonyl (C=O) groups excluding carboxylic acids is 1. The number of rotatable bonds is 5. The maximum atomic E-state index is 13.0. The fraction of sp³-hybridized carbons (Fsp3) is 0.611. The Morgan fingerprint density at radius 3 is 2.43 bits per heavy atom. The minimum Gasteiger partial charge on any atom is -0.371 e. The number of hydrogen-bond acceptors (Lipinski definition) is 5. The van der Waals surface area contributed by atoms with Crippen molar-refractivity contribution in [2.24, 2.45) is 5.92 Å². The zero-order chi connectivity index (χ0) is 18.8. The van der Waals surface area contributed by atoms with Gasteiger partial charge in [-0.1, -0.05) is 0 Å². The van der Waals surface area contributed by atoms with E-state index in [0.29, 0.717) is 32.5 Å². The molecule has 2 aliphatic rings. The molecule has 2 saturated heterocycles. The van der Waals surface area contributed by atoms with Crippen LogP contribution in [0.25, 0.3) is 0 Å². The Kier molecular flexibility index (Phi) is 8.99. The Bertz CT molecular complexity index is 756. The first-order chi connectivity index (χ1) is 12.3. The molecule has 160 valence electrons. The number of halogens is 3. The molecule has 0 aromatic heterocycles. The van der Waals surface area contributed by atoms with E-state index in [2.05, 4.69) is 15.5 Å². The van der Waals surface area contributed by atoms with E-state index in [1.54, 1.807) is 12.1 Å². The van der Waals surface area contributed by atoms with Crippen LogP contribution in [0.2, 0.25) is 0 Å². The molecule has 2 aliphatic heterocycles. The van der Waals surface area contributed by atoms with E-state index in [9.17, 15) is 17.6 Å². The molecular weight excluding hydrogens is 428 g/mol. The standard InChI is InChI=1S/C18H26FN3O3S.2ClH/c1-26(24,25)18(7-9-20-10-8-18)17(23)21-12-14-6-11-22(13-14)16-4-2-15(19)3-5-16;;/h2-5,14,20H,6-13H2,1H3,(H,21,23);2*1H. The molecule has 6 nitrogen and oxygen atoms in total. The van der Waals surface area contributed by atoms with E-state index in [4.69, 9.17) is 0 Å². The summed E-state index contributed by atoms with van der Waals surface area (Å²) in [5.74, 6) is -0.381. The summed E-state index contributed by atoms with van der Waals surface area (Å²) in [7, 11) is -3.49. The van der Waals surface area contributed by atoms with Crippen molar-refractivity contribution in [3.05, 3.63) is 30.1 Å². The first kappa shape index (κ1) is 24.9. The molecule has 1 amide bonds. The lowest BCUT2D eigenvalue weighted by molar-refractivity contribution is -0.124. The molecule has 2 fully saturated rings. The van der Waals surface area contributed by atoms with Crippen LogP contribution in [0.15, 0.2) is 24.3 Å². The van der Waals surface area contributed by atoms with Crippen LogP contribution in [0.5, 0.6) is 0 Å². The Morgan fingerprint density at radius 2 is 1.86 bits per heavy atom. The van der Waals surface area contributed by atoms with Gasteiger partial charge >= 0.3 is 0 Å². The fourth-order valence-corrected chi connectivity index (χ4v) is 5.24. The summed E-state index contributed by atoms with van der Waals surface area (Å²) in [6.07, 6.45) is 2.68. The summed E-state index contributed by atoms with van der Waals surface area (Å²) in [6, 6.07) is 6.39. The van der Waals surface area contributed by atoms with Gasteiger partial charge in [0.1, 0.15) is 5.82 Å². The van der Waals surface area contributed by atoms with Crippen molar-refractivity contribution in [1.82, 2.24) is 10.6 Å². The molecule has 0 aliphatic carbocycles. The van der Waals surface area contributed by atoms with Gasteiger partial charge in [0.2, 0.25) is 5.91 Å². The molecule has 1 aromatic carbocycles. The van der Waals surface area contributed by atoms with E-state index < -0.39 is 14.6 Å².